The third kappa shape index (κ3) is 3.65. The van der Waals surface area contributed by atoms with Gasteiger partial charge in [-0.05, 0) is 18.6 Å². The van der Waals surface area contributed by atoms with E-state index in [1.54, 1.807) is 13.2 Å². The van der Waals surface area contributed by atoms with Crippen molar-refractivity contribution in [2.24, 2.45) is 0 Å². The minimum atomic E-state index is -0.234. The molecule has 0 bridgehead atoms. The predicted octanol–water partition coefficient (Wildman–Crippen LogP) is 2.48. The van der Waals surface area contributed by atoms with E-state index in [0.29, 0.717) is 12.4 Å². The van der Waals surface area contributed by atoms with Crippen molar-refractivity contribution in [1.29, 1.82) is 0 Å². The largest absolute Gasteiger partial charge is 0.377 e. The fraction of sp³-hybridized carbons (Fsp3) is 0.375. The van der Waals surface area contributed by atoms with E-state index in [1.165, 1.54) is 0 Å². The van der Waals surface area contributed by atoms with Gasteiger partial charge < -0.3 is 19.5 Å². The number of nitrogens with one attached hydrogen (secondary N) is 1. The summed E-state index contributed by atoms with van der Waals surface area (Å²) in [5.41, 5.74) is 1.27. The normalized spacial score (nSPS) is 17.5. The zero-order valence-electron chi connectivity index (χ0n) is 12.8. The number of rotatable bonds is 5. The van der Waals surface area contributed by atoms with E-state index in [0.717, 1.165) is 30.2 Å². The molecule has 0 aliphatic carbocycles. The Balaban J connectivity index is 1.59. The van der Waals surface area contributed by atoms with Crippen LogP contribution in [0.1, 0.15) is 22.7 Å². The summed E-state index contributed by atoms with van der Waals surface area (Å²) in [5.74, 6) is 0.295. The molecule has 2 heterocycles. The number of benzene rings is 1. The Kier molecular flexibility index (Phi) is 4.83. The highest BCUT2D eigenvalue weighted by Crippen LogP contribution is 2.28. The van der Waals surface area contributed by atoms with Gasteiger partial charge in [0.15, 0.2) is 11.5 Å². The average Bonchev–Trinajstić information content (AvgIpc) is 3.18. The zero-order chi connectivity index (χ0) is 16.2. The number of para-hydroxylation sites is 1. The molecule has 1 aliphatic heterocycles. The van der Waals surface area contributed by atoms with Crippen LogP contribution in [0.25, 0.3) is 0 Å². The Bertz CT molecular complexity index is 689. The lowest BCUT2D eigenvalue weighted by molar-refractivity contribution is 0.0930. The average molecular weight is 336 g/mol. The van der Waals surface area contributed by atoms with Crippen LogP contribution in [0.3, 0.4) is 0 Å². The van der Waals surface area contributed by atoms with Crippen molar-refractivity contribution >= 4 is 23.2 Å². The van der Waals surface area contributed by atoms with Gasteiger partial charge in [0.2, 0.25) is 0 Å². The number of hydrogen-bond acceptors (Lipinski definition) is 5. The van der Waals surface area contributed by atoms with Crippen LogP contribution in [-0.2, 0) is 11.3 Å². The number of aromatic nitrogens is 1. The molecular formula is C16H18ClN3O3. The quantitative estimate of drug-likeness (QED) is 0.909. The van der Waals surface area contributed by atoms with Gasteiger partial charge in [-0.15, -0.1) is 0 Å². The lowest BCUT2D eigenvalue weighted by atomic mass is 10.2. The molecule has 3 rings (SSSR count). The van der Waals surface area contributed by atoms with E-state index in [1.807, 2.05) is 24.3 Å². The van der Waals surface area contributed by atoms with Gasteiger partial charge in [-0.2, -0.15) is 0 Å². The molecule has 1 N–H and O–H groups in total. The Morgan fingerprint density at radius 2 is 2.35 bits per heavy atom. The fourth-order valence-corrected chi connectivity index (χ4v) is 2.95. The molecule has 23 heavy (non-hydrogen) atoms. The first kappa shape index (κ1) is 15.8. The first-order valence-corrected chi connectivity index (χ1v) is 7.80. The second kappa shape index (κ2) is 7.02. The highest BCUT2D eigenvalue weighted by atomic mass is 35.5. The summed E-state index contributed by atoms with van der Waals surface area (Å²) in [6.45, 7) is 1.87. The number of anilines is 1. The molecule has 1 atom stereocenters. The molecule has 1 unspecified atom stereocenters. The molecule has 1 aromatic carbocycles. The van der Waals surface area contributed by atoms with E-state index in [9.17, 15) is 4.79 Å². The number of carbonyl (C=O) groups excluding carboxylic acids is 1. The second-order valence-electron chi connectivity index (χ2n) is 5.47. The maximum Gasteiger partial charge on any atom is 0.273 e. The van der Waals surface area contributed by atoms with Crippen LogP contribution in [-0.4, -0.2) is 37.3 Å². The number of carbonyl (C=O) groups is 1. The third-order valence-electron chi connectivity index (χ3n) is 3.79. The van der Waals surface area contributed by atoms with Gasteiger partial charge in [-0.3, -0.25) is 4.79 Å². The van der Waals surface area contributed by atoms with E-state index in [-0.39, 0.29) is 17.6 Å². The van der Waals surface area contributed by atoms with Gasteiger partial charge in [0.25, 0.3) is 5.91 Å². The predicted molar refractivity (Wildman–Crippen MR) is 86.8 cm³/mol. The lowest BCUT2D eigenvalue weighted by Gasteiger charge is -2.20. The van der Waals surface area contributed by atoms with Crippen LogP contribution in [0, 0.1) is 0 Å². The van der Waals surface area contributed by atoms with Crippen LogP contribution >= 0.6 is 11.6 Å². The molecular weight excluding hydrogens is 318 g/mol. The number of nitrogens with zero attached hydrogens (tertiary/aromatic N) is 2. The Labute approximate surface area is 139 Å². The summed E-state index contributed by atoms with van der Waals surface area (Å²) in [5, 5.41) is 7.47. The zero-order valence-corrected chi connectivity index (χ0v) is 13.5. The topological polar surface area (TPSA) is 67.6 Å². The van der Waals surface area contributed by atoms with Crippen molar-refractivity contribution in [2.45, 2.75) is 19.1 Å². The summed E-state index contributed by atoms with van der Waals surface area (Å²) in [7, 11) is 1.56. The molecule has 1 aromatic heterocycles. The molecule has 0 spiro atoms. The second-order valence-corrected chi connectivity index (χ2v) is 5.88. The number of halogens is 1. The molecule has 1 aliphatic rings. The number of hydrogen-bond donors (Lipinski definition) is 1. The van der Waals surface area contributed by atoms with E-state index < -0.39 is 0 Å². The summed E-state index contributed by atoms with van der Waals surface area (Å²) >= 11 is 6.22. The Morgan fingerprint density at radius 3 is 3.13 bits per heavy atom. The standard InChI is InChI=1S/C16H18ClN3O3/c1-22-10-12-8-14(19-23-12)16(21)18-11-6-7-20(9-11)15-5-3-2-4-13(15)17/h2-5,8,11H,6-7,9-10H2,1H3,(H,18,21). The SMILES string of the molecule is COCc1cc(C(=O)NC2CCN(c3ccccc3Cl)C2)no1. The van der Waals surface area contributed by atoms with Gasteiger partial charge in [0, 0.05) is 32.3 Å². The number of ether oxygens (including phenoxy) is 1. The molecule has 1 saturated heterocycles. The van der Waals surface area contributed by atoms with Crippen molar-refractivity contribution in [1.82, 2.24) is 10.5 Å². The van der Waals surface area contributed by atoms with Crippen LogP contribution in [0.4, 0.5) is 5.69 Å². The van der Waals surface area contributed by atoms with Crippen molar-refractivity contribution < 1.29 is 14.1 Å². The smallest absolute Gasteiger partial charge is 0.273 e. The summed E-state index contributed by atoms with van der Waals surface area (Å²) < 4.78 is 9.98. The summed E-state index contributed by atoms with van der Waals surface area (Å²) in [6.07, 6.45) is 0.861. The lowest BCUT2D eigenvalue weighted by Crippen LogP contribution is -2.37. The maximum atomic E-state index is 12.2. The van der Waals surface area contributed by atoms with Gasteiger partial charge >= 0.3 is 0 Å². The van der Waals surface area contributed by atoms with Crippen molar-refractivity contribution in [2.75, 3.05) is 25.1 Å². The van der Waals surface area contributed by atoms with Crippen molar-refractivity contribution in [3.05, 3.63) is 46.8 Å². The van der Waals surface area contributed by atoms with Crippen molar-refractivity contribution in [3.8, 4) is 0 Å². The van der Waals surface area contributed by atoms with Crippen molar-refractivity contribution in [3.63, 3.8) is 0 Å². The number of amides is 1. The van der Waals surface area contributed by atoms with Gasteiger partial charge in [-0.1, -0.05) is 28.9 Å². The summed E-state index contributed by atoms with van der Waals surface area (Å²) in [4.78, 5) is 14.4. The van der Waals surface area contributed by atoms with Crippen LogP contribution in [0.5, 0.6) is 0 Å². The van der Waals surface area contributed by atoms with Crippen LogP contribution in [0.15, 0.2) is 34.9 Å². The highest BCUT2D eigenvalue weighted by Gasteiger charge is 2.26. The first-order valence-electron chi connectivity index (χ1n) is 7.42. The van der Waals surface area contributed by atoms with E-state index >= 15 is 0 Å². The van der Waals surface area contributed by atoms with Gasteiger partial charge in [-0.25, -0.2) is 0 Å². The number of methoxy groups -OCH3 is 1. The first-order chi connectivity index (χ1) is 11.2. The molecule has 7 heteroatoms. The van der Waals surface area contributed by atoms with Crippen LogP contribution in [0.2, 0.25) is 5.02 Å². The Morgan fingerprint density at radius 1 is 1.52 bits per heavy atom. The molecule has 6 nitrogen and oxygen atoms in total. The van der Waals surface area contributed by atoms with Gasteiger partial charge in [0.05, 0.1) is 10.7 Å². The van der Waals surface area contributed by atoms with Gasteiger partial charge in [0.1, 0.15) is 6.61 Å². The van der Waals surface area contributed by atoms with E-state index in [2.05, 4.69) is 15.4 Å². The third-order valence-corrected chi connectivity index (χ3v) is 4.11. The van der Waals surface area contributed by atoms with E-state index in [4.69, 9.17) is 20.9 Å². The molecule has 122 valence electrons. The maximum absolute atomic E-state index is 12.2. The highest BCUT2D eigenvalue weighted by molar-refractivity contribution is 6.33. The van der Waals surface area contributed by atoms with Crippen LogP contribution < -0.4 is 10.2 Å². The minimum Gasteiger partial charge on any atom is -0.377 e. The minimum absolute atomic E-state index is 0.0568. The molecule has 1 fully saturated rings. The molecule has 0 radical (unpaired) electrons. The Hall–Kier alpha value is -2.05. The monoisotopic (exact) mass is 335 g/mol. The fourth-order valence-electron chi connectivity index (χ4n) is 2.69. The molecule has 2 aromatic rings. The molecule has 0 saturated carbocycles. The summed E-state index contributed by atoms with van der Waals surface area (Å²) in [6, 6.07) is 9.38. The molecule has 1 amide bonds.